The van der Waals surface area contributed by atoms with Crippen LogP contribution in [0, 0.1) is 0 Å². The van der Waals surface area contributed by atoms with Gasteiger partial charge in [0.15, 0.2) is 0 Å². The highest BCUT2D eigenvalue weighted by molar-refractivity contribution is 5.94. The fourth-order valence-electron chi connectivity index (χ4n) is 8.32. The van der Waals surface area contributed by atoms with Gasteiger partial charge in [0, 0.05) is 107 Å². The normalized spacial score (nSPS) is 11.5. The van der Waals surface area contributed by atoms with Gasteiger partial charge in [0.2, 0.25) is 53.2 Å². The van der Waals surface area contributed by atoms with E-state index < -0.39 is 29.2 Å². The lowest BCUT2D eigenvalue weighted by Gasteiger charge is -2.34. The number of nitrogens with one attached hydrogen (secondary N) is 6. The van der Waals surface area contributed by atoms with Crippen molar-refractivity contribution in [2.24, 2.45) is 17.2 Å². The van der Waals surface area contributed by atoms with Crippen molar-refractivity contribution in [3.63, 3.8) is 0 Å². The van der Waals surface area contributed by atoms with Gasteiger partial charge >= 0.3 is 0 Å². The van der Waals surface area contributed by atoms with Gasteiger partial charge in [-0.25, -0.2) is 0 Å². The van der Waals surface area contributed by atoms with Gasteiger partial charge in [-0.2, -0.15) is 0 Å². The Kier molecular flexibility index (Phi) is 37.7. The fourth-order valence-corrected chi connectivity index (χ4v) is 8.32. The number of carbonyl (C=O) groups excluding carboxylic acids is 11. The first-order valence-electron chi connectivity index (χ1n) is 30.3. The molecule has 0 fully saturated rings. The highest BCUT2D eigenvalue weighted by Crippen LogP contribution is 2.16. The summed E-state index contributed by atoms with van der Waals surface area (Å²) in [6.45, 7) is 3.17. The molecule has 1 atom stereocenters. The summed E-state index contributed by atoms with van der Waals surface area (Å²) in [6.07, 6.45) is 5.77. The van der Waals surface area contributed by atoms with Crippen LogP contribution in [0.5, 0.6) is 17.2 Å². The Bertz CT molecular complexity index is 2570. The van der Waals surface area contributed by atoms with Crippen molar-refractivity contribution in [1.82, 2.24) is 31.9 Å². The molecule has 0 aliphatic carbocycles. The largest absolute Gasteiger partial charge is 0.494 e. The van der Waals surface area contributed by atoms with Crippen LogP contribution in [0.25, 0.3) is 0 Å². The molecule has 3 aromatic rings. The molecule has 3 rings (SSSR count). The number of nitrogens with two attached hydrogens (primary N) is 3. The van der Waals surface area contributed by atoms with Crippen LogP contribution >= 0.6 is 0 Å². The number of ether oxygens (including phenoxy) is 6. The Labute approximate surface area is 520 Å². The number of Topliss-reactive ketones (excluding diaryl/α,β-unsaturated/α-hetero) is 2. The molecule has 26 nitrogen and oxygen atoms in total. The smallest absolute Gasteiger partial charge is 0.248 e. The van der Waals surface area contributed by atoms with Crippen molar-refractivity contribution in [1.29, 1.82) is 0 Å². The van der Waals surface area contributed by atoms with Crippen molar-refractivity contribution in [3.05, 3.63) is 89.5 Å². The summed E-state index contributed by atoms with van der Waals surface area (Å²) < 4.78 is 34.9. The minimum absolute atomic E-state index is 0.0125. The van der Waals surface area contributed by atoms with Crippen LogP contribution in [0.3, 0.4) is 0 Å². The fraction of sp³-hybridized carbons (Fsp3) is 0.540. The van der Waals surface area contributed by atoms with E-state index in [1.54, 1.807) is 72.8 Å². The predicted octanol–water partition coefficient (Wildman–Crippen LogP) is 3.19. The molecule has 9 amide bonds. The van der Waals surface area contributed by atoms with E-state index in [-0.39, 0.29) is 145 Å². The topological polar surface area (TPSA) is 393 Å². The van der Waals surface area contributed by atoms with Gasteiger partial charge in [0.25, 0.3) is 0 Å². The third-order valence-electron chi connectivity index (χ3n) is 13.3. The molecule has 490 valence electrons. The van der Waals surface area contributed by atoms with E-state index in [0.717, 1.165) is 0 Å². The number of hydrogen-bond acceptors (Lipinski definition) is 17. The van der Waals surface area contributed by atoms with Gasteiger partial charge in [-0.3, -0.25) is 47.9 Å². The van der Waals surface area contributed by atoms with Crippen molar-refractivity contribution in [2.45, 2.75) is 128 Å². The van der Waals surface area contributed by atoms with Crippen LogP contribution in [0.2, 0.25) is 0 Å². The third kappa shape index (κ3) is 36.4. The van der Waals surface area contributed by atoms with E-state index >= 15 is 0 Å². The summed E-state index contributed by atoms with van der Waals surface area (Å²) in [5, 5.41) is 17.0. The Hall–Kier alpha value is -8.49. The summed E-state index contributed by atoms with van der Waals surface area (Å²) in [5.41, 5.74) is 15.5. The quantitative estimate of drug-likeness (QED) is 0.0366. The summed E-state index contributed by atoms with van der Waals surface area (Å²) in [7, 11) is 0. The SMILES string of the molecule is CC(=O)CCCC(=O)NC(COCCC(=O)NCCCCC(=O)CCCOc1ccc(C(N)=O)cc1)(COCCC(=O)NCCCNC(=O)CCCCOc1ccc(C(N)=O)cc1)COCCC(=O)NCCCNC(=O)CCCOc1ccc(C(N)=O)cc1. The zero-order valence-corrected chi connectivity index (χ0v) is 51.2. The molecule has 0 saturated carbocycles. The number of ketones is 2. The molecule has 89 heavy (non-hydrogen) atoms. The van der Waals surface area contributed by atoms with Crippen molar-refractivity contribution < 1.29 is 81.2 Å². The lowest BCUT2D eigenvalue weighted by atomic mass is 10.0. The van der Waals surface area contributed by atoms with Gasteiger partial charge in [-0.1, -0.05) is 0 Å². The lowest BCUT2D eigenvalue weighted by molar-refractivity contribution is -0.131. The standard InChI is InChI=1S/C63H91N9O17/c1-46(73)11-6-15-59(80)72-63(43-84-40-29-56(77)67-32-4-2-12-50(74)13-7-38-88-52-25-19-48(20-26-52)61(65)82,45-86-42-31-58(79)71-36-10-34-69-55(76)16-8-39-89-53-27-21-49(22-28-53)62(66)83)44-85-41-30-57(78)70-35-9-33-68-54(75)14-3-5-37-87-51-23-17-47(18-24-51)60(64)81/h17-28H,2-16,29-45H2,1H3,(H2,64,81)(H2,65,82)(H2,66,83)(H,67,77)(H,68,75)(H,69,76)(H,70,78)(H,71,79)(H,72,80). The maximum Gasteiger partial charge on any atom is 0.248 e. The third-order valence-corrected chi connectivity index (χ3v) is 13.3. The van der Waals surface area contributed by atoms with Crippen LogP contribution in [0.4, 0.5) is 0 Å². The molecule has 12 N–H and O–H groups in total. The molecule has 26 heteroatoms. The Balaban J connectivity index is 1.45. The highest BCUT2D eigenvalue weighted by Gasteiger charge is 2.34. The molecular formula is C63H91N9O17. The highest BCUT2D eigenvalue weighted by atomic mass is 16.5. The average Bonchev–Trinajstić information content (AvgIpc) is 3.71. The van der Waals surface area contributed by atoms with E-state index in [9.17, 15) is 52.7 Å². The van der Waals surface area contributed by atoms with Crippen LogP contribution < -0.4 is 63.3 Å². The number of amides is 9. The Morgan fingerprint density at radius 3 is 1.03 bits per heavy atom. The molecule has 0 bridgehead atoms. The monoisotopic (exact) mass is 1250 g/mol. The summed E-state index contributed by atoms with van der Waals surface area (Å²) in [4.78, 5) is 135. The Morgan fingerprint density at radius 1 is 0.337 bits per heavy atom. The molecule has 0 aliphatic heterocycles. The van der Waals surface area contributed by atoms with Gasteiger partial charge < -0.3 is 82.3 Å². The van der Waals surface area contributed by atoms with Crippen LogP contribution in [0.15, 0.2) is 72.8 Å². The lowest BCUT2D eigenvalue weighted by Crippen LogP contribution is -2.58. The number of benzene rings is 3. The van der Waals surface area contributed by atoms with Crippen molar-refractivity contribution in [2.75, 3.05) is 92.2 Å². The maximum atomic E-state index is 13.4. The molecule has 3 aromatic carbocycles. The van der Waals surface area contributed by atoms with Gasteiger partial charge in [-0.05, 0) is 138 Å². The summed E-state index contributed by atoms with van der Waals surface area (Å²) >= 11 is 0. The first kappa shape index (κ1) is 74.8. The van der Waals surface area contributed by atoms with Crippen LogP contribution in [-0.2, 0) is 52.6 Å². The summed E-state index contributed by atoms with van der Waals surface area (Å²) in [5.74, 6) is -1.61. The number of unbranched alkanes of at least 4 members (excludes halogenated alkanes) is 2. The first-order chi connectivity index (χ1) is 42.8. The second-order valence-electron chi connectivity index (χ2n) is 21.1. The molecule has 0 heterocycles. The predicted molar refractivity (Wildman–Crippen MR) is 329 cm³/mol. The first-order valence-corrected chi connectivity index (χ1v) is 30.3. The van der Waals surface area contributed by atoms with Gasteiger partial charge in [0.05, 0.1) is 59.5 Å². The van der Waals surface area contributed by atoms with E-state index in [2.05, 4.69) is 31.9 Å². The zero-order chi connectivity index (χ0) is 64.9. The summed E-state index contributed by atoms with van der Waals surface area (Å²) in [6, 6.07) is 19.2. The zero-order valence-electron chi connectivity index (χ0n) is 51.2. The number of carbonyl (C=O) groups is 11. The molecular weight excluding hydrogens is 1150 g/mol. The molecule has 0 radical (unpaired) electrons. The van der Waals surface area contributed by atoms with Crippen molar-refractivity contribution >= 4 is 64.7 Å². The second-order valence-corrected chi connectivity index (χ2v) is 21.1. The van der Waals surface area contributed by atoms with E-state index in [1.807, 2.05) is 0 Å². The van der Waals surface area contributed by atoms with Crippen LogP contribution in [0.1, 0.15) is 154 Å². The number of rotatable bonds is 52. The molecule has 0 spiro atoms. The minimum Gasteiger partial charge on any atom is -0.494 e. The van der Waals surface area contributed by atoms with Gasteiger partial charge in [0.1, 0.15) is 34.4 Å². The molecule has 0 aromatic heterocycles. The molecule has 0 aliphatic rings. The molecule has 0 saturated heterocycles. The average molecular weight is 1250 g/mol. The Morgan fingerprint density at radius 2 is 0.652 bits per heavy atom. The van der Waals surface area contributed by atoms with E-state index in [4.69, 9.17) is 45.6 Å². The van der Waals surface area contributed by atoms with E-state index in [1.165, 1.54) is 6.92 Å². The number of hydrogen-bond donors (Lipinski definition) is 9. The van der Waals surface area contributed by atoms with E-state index in [0.29, 0.717) is 137 Å². The minimum atomic E-state index is -1.37. The van der Waals surface area contributed by atoms with Crippen molar-refractivity contribution in [3.8, 4) is 17.2 Å². The van der Waals surface area contributed by atoms with Crippen LogP contribution in [-0.4, -0.2) is 162 Å². The maximum absolute atomic E-state index is 13.4. The second kappa shape index (κ2) is 44.9. The van der Waals surface area contributed by atoms with Gasteiger partial charge in [-0.15, -0.1) is 0 Å². The number of primary amides is 3. The molecule has 1 unspecified atom stereocenters.